The third-order valence-corrected chi connectivity index (χ3v) is 5.78. The lowest BCUT2D eigenvalue weighted by Crippen LogP contribution is -2.70. The first kappa shape index (κ1) is 21.3. The maximum absolute atomic E-state index is 13.2. The Kier molecular flexibility index (Phi) is 6.20. The van der Waals surface area contributed by atoms with Crippen molar-refractivity contribution in [3.8, 4) is 0 Å². The molecule has 2 N–H and O–H groups in total. The number of rotatable bonds is 5. The molecule has 0 spiro atoms. The minimum atomic E-state index is -0.558. The molecular formula is C22H22ClFN4O3. The first-order chi connectivity index (χ1) is 14.9. The molecule has 4 amide bonds. The van der Waals surface area contributed by atoms with E-state index in [-0.39, 0.29) is 19.0 Å². The minimum absolute atomic E-state index is 0.0931. The van der Waals surface area contributed by atoms with Crippen molar-refractivity contribution in [1.82, 2.24) is 15.1 Å². The molecule has 2 aromatic carbocycles. The molecule has 2 aromatic rings. The summed E-state index contributed by atoms with van der Waals surface area (Å²) in [4.78, 5) is 41.6. The smallest absolute Gasteiger partial charge is 0.325 e. The van der Waals surface area contributed by atoms with Gasteiger partial charge in [-0.15, -0.1) is 0 Å². The van der Waals surface area contributed by atoms with Gasteiger partial charge in [-0.05, 0) is 61.3 Å². The summed E-state index contributed by atoms with van der Waals surface area (Å²) in [5, 5.41) is 6.44. The second kappa shape index (κ2) is 9.03. The molecule has 2 aliphatic heterocycles. The van der Waals surface area contributed by atoms with Gasteiger partial charge in [0.15, 0.2) is 0 Å². The summed E-state index contributed by atoms with van der Waals surface area (Å²) < 4.78 is 13.1. The number of benzene rings is 2. The molecule has 7 nitrogen and oxygen atoms in total. The number of carbonyl (C=O) groups excluding carboxylic acids is 3. The molecule has 0 aromatic heterocycles. The van der Waals surface area contributed by atoms with Crippen LogP contribution in [-0.2, 0) is 16.1 Å². The Morgan fingerprint density at radius 3 is 2.55 bits per heavy atom. The van der Waals surface area contributed by atoms with Gasteiger partial charge in [-0.25, -0.2) is 9.18 Å². The molecule has 2 unspecified atom stereocenters. The van der Waals surface area contributed by atoms with Crippen molar-refractivity contribution in [2.45, 2.75) is 31.5 Å². The number of anilines is 1. The van der Waals surface area contributed by atoms with Crippen LogP contribution in [0.25, 0.3) is 0 Å². The predicted octanol–water partition coefficient (Wildman–Crippen LogP) is 3.00. The molecule has 2 aliphatic rings. The summed E-state index contributed by atoms with van der Waals surface area (Å²) in [5.74, 6) is -1.11. The van der Waals surface area contributed by atoms with Crippen LogP contribution in [0.3, 0.4) is 0 Å². The van der Waals surface area contributed by atoms with Crippen molar-refractivity contribution in [3.63, 3.8) is 0 Å². The molecule has 2 heterocycles. The summed E-state index contributed by atoms with van der Waals surface area (Å²) in [6, 6.07) is 10.9. The fourth-order valence-corrected chi connectivity index (χ4v) is 4.14. The number of carbonyl (C=O) groups is 3. The topological polar surface area (TPSA) is 81.8 Å². The van der Waals surface area contributed by atoms with Crippen LogP contribution in [0, 0.1) is 5.82 Å². The van der Waals surface area contributed by atoms with E-state index < -0.39 is 29.8 Å². The lowest BCUT2D eigenvalue weighted by Gasteiger charge is -2.46. The number of urea groups is 1. The van der Waals surface area contributed by atoms with E-state index in [0.717, 1.165) is 12.0 Å². The third kappa shape index (κ3) is 4.70. The zero-order valence-corrected chi connectivity index (χ0v) is 17.4. The highest BCUT2D eigenvalue weighted by atomic mass is 35.5. The fourth-order valence-electron chi connectivity index (χ4n) is 4.01. The standard InChI is InChI=1S/C22H22ClFN4O3/c23-15-5-3-14(4-6-15)12-28-21(30)20-18(2-1-11-25-20)27(22(28)31)13-19(29)26-17-9-7-16(24)8-10-17/h3-10,18,20,25H,1-2,11-13H2,(H,26,29). The van der Waals surface area contributed by atoms with Crippen LogP contribution in [-0.4, -0.2) is 52.8 Å². The Morgan fingerprint density at radius 1 is 1.13 bits per heavy atom. The van der Waals surface area contributed by atoms with Gasteiger partial charge < -0.3 is 15.5 Å². The SMILES string of the molecule is O=C(CN1C(=O)N(Cc2ccc(Cl)cc2)C(=O)C2NCCCC21)Nc1ccc(F)cc1. The highest BCUT2D eigenvalue weighted by Gasteiger charge is 2.47. The molecule has 9 heteroatoms. The quantitative estimate of drug-likeness (QED) is 0.742. The number of imide groups is 1. The van der Waals surface area contributed by atoms with E-state index in [4.69, 9.17) is 11.6 Å². The van der Waals surface area contributed by atoms with Crippen molar-refractivity contribution in [2.24, 2.45) is 0 Å². The number of nitrogens with zero attached hydrogens (tertiary/aromatic N) is 2. The molecule has 4 rings (SSSR count). The van der Waals surface area contributed by atoms with Crippen LogP contribution in [0.5, 0.6) is 0 Å². The number of hydrogen-bond donors (Lipinski definition) is 2. The first-order valence-corrected chi connectivity index (χ1v) is 10.5. The number of piperidine rings is 1. The molecule has 0 radical (unpaired) electrons. The van der Waals surface area contributed by atoms with Crippen molar-refractivity contribution in [1.29, 1.82) is 0 Å². The monoisotopic (exact) mass is 444 g/mol. The van der Waals surface area contributed by atoms with Gasteiger partial charge in [-0.3, -0.25) is 14.5 Å². The summed E-state index contributed by atoms with van der Waals surface area (Å²) in [6.07, 6.45) is 1.43. The van der Waals surface area contributed by atoms with Crippen molar-refractivity contribution < 1.29 is 18.8 Å². The van der Waals surface area contributed by atoms with E-state index in [1.54, 1.807) is 24.3 Å². The van der Waals surface area contributed by atoms with Gasteiger partial charge in [0.2, 0.25) is 11.8 Å². The zero-order chi connectivity index (χ0) is 22.0. The van der Waals surface area contributed by atoms with Crippen molar-refractivity contribution >= 4 is 35.1 Å². The van der Waals surface area contributed by atoms with Crippen LogP contribution < -0.4 is 10.6 Å². The number of halogens is 2. The van der Waals surface area contributed by atoms with Crippen LogP contribution in [0.2, 0.25) is 5.02 Å². The Labute approximate surface area is 184 Å². The molecule has 0 aliphatic carbocycles. The highest BCUT2D eigenvalue weighted by Crippen LogP contribution is 2.26. The van der Waals surface area contributed by atoms with Gasteiger partial charge in [0.25, 0.3) is 0 Å². The molecule has 31 heavy (non-hydrogen) atoms. The Balaban J connectivity index is 1.53. The van der Waals surface area contributed by atoms with Crippen LogP contribution in [0.15, 0.2) is 48.5 Å². The molecular weight excluding hydrogens is 423 g/mol. The van der Waals surface area contributed by atoms with Gasteiger partial charge in [0, 0.05) is 10.7 Å². The third-order valence-electron chi connectivity index (χ3n) is 5.53. The summed E-state index contributed by atoms with van der Waals surface area (Å²) in [7, 11) is 0. The minimum Gasteiger partial charge on any atom is -0.325 e. The van der Waals surface area contributed by atoms with Gasteiger partial charge in [-0.2, -0.15) is 0 Å². The van der Waals surface area contributed by atoms with E-state index in [2.05, 4.69) is 10.6 Å². The van der Waals surface area contributed by atoms with E-state index in [0.29, 0.717) is 23.7 Å². The molecule has 0 bridgehead atoms. The Hall–Kier alpha value is -2.97. The second-order valence-electron chi connectivity index (χ2n) is 7.66. The Morgan fingerprint density at radius 2 is 1.84 bits per heavy atom. The molecule has 2 fully saturated rings. The normalized spacial score (nSPS) is 21.1. The maximum Gasteiger partial charge on any atom is 0.327 e. The summed E-state index contributed by atoms with van der Waals surface area (Å²) >= 11 is 5.93. The van der Waals surface area contributed by atoms with E-state index in [9.17, 15) is 18.8 Å². The summed E-state index contributed by atoms with van der Waals surface area (Å²) in [5.41, 5.74) is 1.19. The number of hydrogen-bond acceptors (Lipinski definition) is 4. The number of fused-ring (bicyclic) bond motifs is 1. The maximum atomic E-state index is 13.2. The average Bonchev–Trinajstić information content (AvgIpc) is 2.77. The Bertz CT molecular complexity index is 983. The van der Waals surface area contributed by atoms with Crippen LogP contribution in [0.4, 0.5) is 14.9 Å². The molecule has 0 saturated carbocycles. The molecule has 162 valence electrons. The van der Waals surface area contributed by atoms with E-state index in [1.807, 2.05) is 0 Å². The van der Waals surface area contributed by atoms with Gasteiger partial charge in [0.1, 0.15) is 18.4 Å². The number of amides is 4. The van der Waals surface area contributed by atoms with Crippen LogP contribution in [0.1, 0.15) is 18.4 Å². The highest BCUT2D eigenvalue weighted by molar-refractivity contribution is 6.30. The second-order valence-corrected chi connectivity index (χ2v) is 8.09. The predicted molar refractivity (Wildman–Crippen MR) is 114 cm³/mol. The largest absolute Gasteiger partial charge is 0.327 e. The van der Waals surface area contributed by atoms with Gasteiger partial charge >= 0.3 is 6.03 Å². The van der Waals surface area contributed by atoms with E-state index in [1.165, 1.54) is 34.1 Å². The van der Waals surface area contributed by atoms with Gasteiger partial charge in [0.05, 0.1) is 12.6 Å². The number of nitrogens with one attached hydrogen (secondary N) is 2. The lowest BCUT2D eigenvalue weighted by molar-refractivity contribution is -0.138. The molecule has 2 saturated heterocycles. The van der Waals surface area contributed by atoms with Crippen LogP contribution >= 0.6 is 11.6 Å². The zero-order valence-electron chi connectivity index (χ0n) is 16.7. The van der Waals surface area contributed by atoms with Gasteiger partial charge in [-0.1, -0.05) is 23.7 Å². The fraction of sp³-hybridized carbons (Fsp3) is 0.318. The van der Waals surface area contributed by atoms with Crippen molar-refractivity contribution in [2.75, 3.05) is 18.4 Å². The van der Waals surface area contributed by atoms with Crippen molar-refractivity contribution in [3.05, 3.63) is 64.9 Å². The molecule has 2 atom stereocenters. The first-order valence-electron chi connectivity index (χ1n) is 10.1. The van der Waals surface area contributed by atoms with E-state index >= 15 is 0 Å². The average molecular weight is 445 g/mol. The lowest BCUT2D eigenvalue weighted by atomic mass is 9.93. The summed E-state index contributed by atoms with van der Waals surface area (Å²) in [6.45, 7) is 0.560.